The van der Waals surface area contributed by atoms with Crippen molar-refractivity contribution >= 4 is 27.5 Å². The van der Waals surface area contributed by atoms with Crippen LogP contribution in [0.5, 0.6) is 0 Å². The van der Waals surface area contributed by atoms with Crippen molar-refractivity contribution in [3.63, 3.8) is 0 Å². The van der Waals surface area contributed by atoms with Crippen LogP contribution in [0.25, 0.3) is 11.5 Å². The van der Waals surface area contributed by atoms with Crippen LogP contribution in [0.3, 0.4) is 0 Å². The Bertz CT molecular complexity index is 1240. The minimum atomic E-state index is -3.96. The van der Waals surface area contributed by atoms with Gasteiger partial charge in [-0.25, -0.2) is 8.42 Å². The highest BCUT2D eigenvalue weighted by atomic mass is 35.5. The van der Waals surface area contributed by atoms with E-state index < -0.39 is 16.1 Å². The number of halogens is 1. The molecule has 1 aromatic heterocycles. The average molecular weight is 503 g/mol. The molecule has 2 heterocycles. The van der Waals surface area contributed by atoms with Crippen LogP contribution in [-0.4, -0.2) is 41.4 Å². The van der Waals surface area contributed by atoms with Crippen molar-refractivity contribution in [1.29, 1.82) is 0 Å². The molecule has 1 amide bonds. The first kappa shape index (κ1) is 24.4. The zero-order valence-corrected chi connectivity index (χ0v) is 20.6. The van der Waals surface area contributed by atoms with Crippen molar-refractivity contribution in [2.24, 2.45) is 0 Å². The second-order valence-corrected chi connectivity index (χ2v) is 10.9. The van der Waals surface area contributed by atoms with Crippen LogP contribution in [0.15, 0.2) is 57.8 Å². The van der Waals surface area contributed by atoms with E-state index in [0.29, 0.717) is 29.8 Å². The van der Waals surface area contributed by atoms with Gasteiger partial charge in [0.2, 0.25) is 27.7 Å². The Morgan fingerprint density at radius 3 is 2.44 bits per heavy atom. The SMILES string of the molecule is CC(C)c1nnc(-c2ccc(CN([C@@H]3CCCCNC3=O)S(=O)(=O)c3ccc(Cl)cc3)cc2)o1. The third-order valence-corrected chi connectivity index (χ3v) is 7.87. The highest BCUT2D eigenvalue weighted by molar-refractivity contribution is 7.89. The molecule has 1 N–H and O–H groups in total. The molecule has 1 fully saturated rings. The second kappa shape index (κ2) is 10.2. The van der Waals surface area contributed by atoms with E-state index in [4.69, 9.17) is 16.0 Å². The molecule has 0 radical (unpaired) electrons. The molecule has 0 spiro atoms. The summed E-state index contributed by atoms with van der Waals surface area (Å²) in [5.74, 6) is 0.805. The summed E-state index contributed by atoms with van der Waals surface area (Å²) < 4.78 is 34.3. The van der Waals surface area contributed by atoms with Gasteiger partial charge < -0.3 is 9.73 Å². The van der Waals surface area contributed by atoms with Gasteiger partial charge in [-0.3, -0.25) is 4.79 Å². The van der Waals surface area contributed by atoms with Crippen LogP contribution < -0.4 is 5.32 Å². The Kier molecular flexibility index (Phi) is 7.35. The van der Waals surface area contributed by atoms with Crippen molar-refractivity contribution in [3.05, 3.63) is 65.0 Å². The van der Waals surface area contributed by atoms with Gasteiger partial charge in [-0.2, -0.15) is 4.31 Å². The fourth-order valence-electron chi connectivity index (χ4n) is 3.82. The smallest absolute Gasteiger partial charge is 0.247 e. The van der Waals surface area contributed by atoms with Crippen molar-refractivity contribution in [1.82, 2.24) is 19.8 Å². The molecule has 34 heavy (non-hydrogen) atoms. The lowest BCUT2D eigenvalue weighted by Gasteiger charge is -2.29. The van der Waals surface area contributed by atoms with Gasteiger partial charge in [0.1, 0.15) is 6.04 Å². The molecule has 180 valence electrons. The van der Waals surface area contributed by atoms with Crippen molar-refractivity contribution < 1.29 is 17.6 Å². The first-order valence-electron chi connectivity index (χ1n) is 11.2. The molecule has 0 saturated carbocycles. The predicted molar refractivity (Wildman–Crippen MR) is 129 cm³/mol. The third-order valence-electron chi connectivity index (χ3n) is 5.75. The fraction of sp³-hybridized carbons (Fsp3) is 0.375. The predicted octanol–water partition coefficient (Wildman–Crippen LogP) is 4.37. The number of carbonyl (C=O) groups excluding carboxylic acids is 1. The molecule has 1 aliphatic rings. The number of amides is 1. The lowest BCUT2D eigenvalue weighted by atomic mass is 10.1. The van der Waals surface area contributed by atoms with E-state index in [0.717, 1.165) is 24.0 Å². The largest absolute Gasteiger partial charge is 0.420 e. The normalized spacial score (nSPS) is 17.1. The van der Waals surface area contributed by atoms with Gasteiger partial charge in [-0.05, 0) is 61.2 Å². The maximum absolute atomic E-state index is 13.6. The van der Waals surface area contributed by atoms with E-state index in [1.165, 1.54) is 28.6 Å². The van der Waals surface area contributed by atoms with Crippen LogP contribution in [-0.2, 0) is 21.4 Å². The number of hydrogen-bond acceptors (Lipinski definition) is 6. The van der Waals surface area contributed by atoms with Crippen LogP contribution in [0.2, 0.25) is 5.02 Å². The van der Waals surface area contributed by atoms with Gasteiger partial charge in [-0.15, -0.1) is 10.2 Å². The lowest BCUT2D eigenvalue weighted by molar-refractivity contribution is -0.124. The molecule has 3 aromatic rings. The Morgan fingerprint density at radius 2 is 1.79 bits per heavy atom. The number of carbonyl (C=O) groups is 1. The minimum absolute atomic E-state index is 0.0460. The van der Waals surface area contributed by atoms with Crippen molar-refractivity contribution in [2.45, 2.75) is 56.5 Å². The Morgan fingerprint density at radius 1 is 1.09 bits per heavy atom. The van der Waals surface area contributed by atoms with Crippen molar-refractivity contribution in [2.75, 3.05) is 6.54 Å². The van der Waals surface area contributed by atoms with Gasteiger partial charge >= 0.3 is 0 Å². The van der Waals surface area contributed by atoms with Gasteiger partial charge in [-0.1, -0.05) is 37.6 Å². The zero-order chi connectivity index (χ0) is 24.3. The Hall–Kier alpha value is -2.75. The van der Waals surface area contributed by atoms with Gasteiger partial charge in [0.25, 0.3) is 0 Å². The standard InChI is InChI=1S/C24H27ClN4O4S/c1-16(2)23-27-28-24(33-23)18-8-6-17(7-9-18)15-29(21-5-3-4-14-26-22(21)30)34(31,32)20-12-10-19(25)11-13-20/h6-13,16,21H,3-5,14-15H2,1-2H3,(H,26,30)/t21-/m1/s1. The van der Waals surface area contributed by atoms with E-state index in [-0.39, 0.29) is 23.3 Å². The van der Waals surface area contributed by atoms with Gasteiger partial charge in [0, 0.05) is 29.6 Å². The first-order chi connectivity index (χ1) is 16.3. The van der Waals surface area contributed by atoms with E-state index in [1.54, 1.807) is 0 Å². The van der Waals surface area contributed by atoms with Crippen LogP contribution in [0.4, 0.5) is 0 Å². The molecular weight excluding hydrogens is 476 g/mol. The Labute approximate surface area is 204 Å². The lowest BCUT2D eigenvalue weighted by Crippen LogP contribution is -2.48. The van der Waals surface area contributed by atoms with E-state index in [1.807, 2.05) is 38.1 Å². The number of rotatable bonds is 7. The van der Waals surface area contributed by atoms with Crippen LogP contribution in [0, 0.1) is 0 Å². The molecule has 10 heteroatoms. The first-order valence-corrected chi connectivity index (χ1v) is 13.1. The summed E-state index contributed by atoms with van der Waals surface area (Å²) in [6.45, 7) is 4.53. The molecule has 8 nitrogen and oxygen atoms in total. The summed E-state index contributed by atoms with van der Waals surface area (Å²) in [6, 6.07) is 12.4. The minimum Gasteiger partial charge on any atom is -0.420 e. The second-order valence-electron chi connectivity index (χ2n) is 8.60. The van der Waals surface area contributed by atoms with Gasteiger partial charge in [0.15, 0.2) is 0 Å². The molecule has 1 saturated heterocycles. The molecule has 2 aromatic carbocycles. The number of benzene rings is 2. The molecule has 0 bridgehead atoms. The highest BCUT2D eigenvalue weighted by Gasteiger charge is 2.36. The van der Waals surface area contributed by atoms with Gasteiger partial charge in [0.05, 0.1) is 4.90 Å². The van der Waals surface area contributed by atoms with Crippen molar-refractivity contribution in [3.8, 4) is 11.5 Å². The summed E-state index contributed by atoms with van der Waals surface area (Å²) in [4.78, 5) is 12.9. The topological polar surface area (TPSA) is 105 Å². The number of sulfonamides is 1. The average Bonchev–Trinajstić information content (AvgIpc) is 3.22. The molecule has 0 unspecified atom stereocenters. The molecular formula is C24H27ClN4O4S. The quantitative estimate of drug-likeness (QED) is 0.514. The highest BCUT2D eigenvalue weighted by Crippen LogP contribution is 2.27. The third kappa shape index (κ3) is 5.32. The zero-order valence-electron chi connectivity index (χ0n) is 19.1. The summed E-state index contributed by atoms with van der Waals surface area (Å²) in [6.07, 6.45) is 2.02. The summed E-state index contributed by atoms with van der Waals surface area (Å²) >= 11 is 5.96. The van der Waals surface area contributed by atoms with Crippen LogP contribution >= 0.6 is 11.6 Å². The monoisotopic (exact) mass is 502 g/mol. The Balaban J connectivity index is 1.65. The summed E-state index contributed by atoms with van der Waals surface area (Å²) in [5, 5.41) is 11.4. The molecule has 1 atom stereocenters. The maximum Gasteiger partial charge on any atom is 0.247 e. The number of nitrogens with one attached hydrogen (secondary N) is 1. The van der Waals surface area contributed by atoms with Crippen LogP contribution in [0.1, 0.15) is 50.5 Å². The molecule has 4 rings (SSSR count). The number of nitrogens with zero attached hydrogens (tertiary/aromatic N) is 3. The summed E-state index contributed by atoms with van der Waals surface area (Å²) in [7, 11) is -3.96. The molecule has 1 aliphatic heterocycles. The van der Waals surface area contributed by atoms with E-state index in [9.17, 15) is 13.2 Å². The number of aromatic nitrogens is 2. The fourth-order valence-corrected chi connectivity index (χ4v) is 5.55. The van der Waals surface area contributed by atoms with E-state index in [2.05, 4.69) is 15.5 Å². The molecule has 0 aliphatic carbocycles. The number of hydrogen-bond donors (Lipinski definition) is 1. The van der Waals surface area contributed by atoms with E-state index >= 15 is 0 Å². The summed E-state index contributed by atoms with van der Waals surface area (Å²) in [5.41, 5.74) is 1.48. The maximum atomic E-state index is 13.6.